The van der Waals surface area contributed by atoms with Crippen LogP contribution in [0.2, 0.25) is 0 Å². The molecule has 1 heterocycles. The fourth-order valence-electron chi connectivity index (χ4n) is 3.33. The Bertz CT molecular complexity index is 1190. The quantitative estimate of drug-likeness (QED) is 0.520. The predicted molar refractivity (Wildman–Crippen MR) is 122 cm³/mol. The van der Waals surface area contributed by atoms with Crippen molar-refractivity contribution in [1.82, 2.24) is 15.3 Å². The van der Waals surface area contributed by atoms with E-state index in [0.29, 0.717) is 29.5 Å². The number of sulfone groups is 1. The molecule has 7 nitrogen and oxygen atoms in total. The Morgan fingerprint density at radius 1 is 1.07 bits per heavy atom. The van der Waals surface area contributed by atoms with Gasteiger partial charge in [0.15, 0.2) is 20.8 Å². The molecule has 0 radical (unpaired) electrons. The number of anilines is 2. The zero-order chi connectivity index (χ0) is 21.4. The Morgan fingerprint density at radius 2 is 1.73 bits per heavy atom. The highest BCUT2D eigenvalue weighted by Gasteiger charge is 2.57. The van der Waals surface area contributed by atoms with Crippen molar-refractivity contribution >= 4 is 38.7 Å². The van der Waals surface area contributed by atoms with E-state index in [0.717, 1.165) is 11.3 Å². The maximum Gasteiger partial charge on any atom is 0.189 e. The molecule has 9 heteroatoms. The van der Waals surface area contributed by atoms with Gasteiger partial charge in [0.05, 0.1) is 10.6 Å². The number of thiocarbonyl (C=S) groups is 1. The lowest BCUT2D eigenvalue weighted by Gasteiger charge is -2.17. The van der Waals surface area contributed by atoms with Gasteiger partial charge in [-0.15, -0.1) is 0 Å². The summed E-state index contributed by atoms with van der Waals surface area (Å²) in [4.78, 5) is 9.22. The van der Waals surface area contributed by atoms with E-state index in [4.69, 9.17) is 18.0 Å². The number of hydrogen-bond acceptors (Lipinski definition) is 6. The molecule has 0 bridgehead atoms. The van der Waals surface area contributed by atoms with Crippen molar-refractivity contribution in [2.45, 2.75) is 22.5 Å². The summed E-state index contributed by atoms with van der Waals surface area (Å²) in [5.74, 6) is 0.630. The highest BCUT2D eigenvalue weighted by atomic mass is 32.2. The molecule has 3 aromatic rings. The SMILES string of the molecule is CNC(=S)Nc1ccc(-c2nc(N)cc(C3(S(=O)(=O)c4ccccc4)CC3)n2)cc1. The molecule has 4 N–H and O–H groups in total. The van der Waals surface area contributed by atoms with Crippen LogP contribution in [0.3, 0.4) is 0 Å². The molecule has 1 aliphatic carbocycles. The second kappa shape index (κ2) is 7.66. The van der Waals surface area contributed by atoms with E-state index in [1.54, 1.807) is 43.4 Å². The summed E-state index contributed by atoms with van der Waals surface area (Å²) < 4.78 is 25.6. The molecule has 0 spiro atoms. The van der Waals surface area contributed by atoms with Gasteiger partial charge < -0.3 is 16.4 Å². The lowest BCUT2D eigenvalue weighted by Crippen LogP contribution is -2.24. The summed E-state index contributed by atoms with van der Waals surface area (Å²) in [6.45, 7) is 0. The normalized spacial score (nSPS) is 14.7. The Kier molecular flexibility index (Phi) is 5.17. The van der Waals surface area contributed by atoms with Crippen molar-refractivity contribution in [2.75, 3.05) is 18.1 Å². The molecular formula is C21H21N5O2S2. The van der Waals surface area contributed by atoms with Gasteiger partial charge in [-0.2, -0.15) is 0 Å². The van der Waals surface area contributed by atoms with Gasteiger partial charge >= 0.3 is 0 Å². The van der Waals surface area contributed by atoms with Crippen LogP contribution in [0, 0.1) is 0 Å². The monoisotopic (exact) mass is 439 g/mol. The van der Waals surface area contributed by atoms with Crippen molar-refractivity contribution in [3.8, 4) is 11.4 Å². The summed E-state index contributed by atoms with van der Waals surface area (Å²) >= 11 is 5.10. The Hall–Kier alpha value is -3.04. The summed E-state index contributed by atoms with van der Waals surface area (Å²) in [7, 11) is -1.86. The van der Waals surface area contributed by atoms with Crippen molar-refractivity contribution in [3.05, 3.63) is 66.4 Å². The predicted octanol–water partition coefficient (Wildman–Crippen LogP) is 3.11. The van der Waals surface area contributed by atoms with Gasteiger partial charge in [0.25, 0.3) is 0 Å². The van der Waals surface area contributed by atoms with Gasteiger partial charge in [0, 0.05) is 24.4 Å². The number of nitrogens with one attached hydrogen (secondary N) is 2. The molecule has 0 saturated heterocycles. The van der Waals surface area contributed by atoms with Gasteiger partial charge in [-0.25, -0.2) is 18.4 Å². The topological polar surface area (TPSA) is 110 Å². The van der Waals surface area contributed by atoms with E-state index in [9.17, 15) is 8.42 Å². The largest absolute Gasteiger partial charge is 0.384 e. The maximum atomic E-state index is 13.3. The van der Waals surface area contributed by atoms with E-state index in [2.05, 4.69) is 20.6 Å². The van der Waals surface area contributed by atoms with Gasteiger partial charge in [-0.3, -0.25) is 0 Å². The van der Waals surface area contributed by atoms with Crippen molar-refractivity contribution < 1.29 is 8.42 Å². The van der Waals surface area contributed by atoms with E-state index < -0.39 is 14.6 Å². The molecule has 2 aromatic carbocycles. The van der Waals surface area contributed by atoms with Crippen molar-refractivity contribution in [3.63, 3.8) is 0 Å². The van der Waals surface area contributed by atoms with Crippen LogP contribution in [0.1, 0.15) is 18.5 Å². The minimum Gasteiger partial charge on any atom is -0.384 e. The van der Waals surface area contributed by atoms with Crippen molar-refractivity contribution in [2.24, 2.45) is 0 Å². The van der Waals surface area contributed by atoms with Crippen LogP contribution in [0.5, 0.6) is 0 Å². The van der Waals surface area contributed by atoms with Crippen LogP contribution in [-0.4, -0.2) is 30.5 Å². The third kappa shape index (κ3) is 3.61. The van der Waals surface area contributed by atoms with Crippen molar-refractivity contribution in [1.29, 1.82) is 0 Å². The molecule has 0 atom stereocenters. The average Bonchev–Trinajstić information content (AvgIpc) is 3.57. The van der Waals surface area contributed by atoms with Crippen LogP contribution in [0.15, 0.2) is 65.6 Å². The summed E-state index contributed by atoms with van der Waals surface area (Å²) in [6.07, 6.45) is 1.01. The first-order chi connectivity index (χ1) is 14.4. The van der Waals surface area contributed by atoms with E-state index >= 15 is 0 Å². The maximum absolute atomic E-state index is 13.3. The molecule has 1 aromatic heterocycles. The molecule has 154 valence electrons. The molecule has 4 rings (SSSR count). The zero-order valence-corrected chi connectivity index (χ0v) is 17.9. The van der Waals surface area contributed by atoms with Gasteiger partial charge in [-0.05, 0) is 61.5 Å². The molecule has 0 aliphatic heterocycles. The lowest BCUT2D eigenvalue weighted by molar-refractivity contribution is 0.578. The fraction of sp³-hybridized carbons (Fsp3) is 0.190. The number of hydrogen-bond donors (Lipinski definition) is 3. The van der Waals surface area contributed by atoms with Crippen LogP contribution < -0.4 is 16.4 Å². The van der Waals surface area contributed by atoms with E-state index in [1.807, 2.05) is 24.3 Å². The van der Waals surface area contributed by atoms with Crippen LogP contribution >= 0.6 is 12.2 Å². The van der Waals surface area contributed by atoms with Crippen LogP contribution in [0.25, 0.3) is 11.4 Å². The lowest BCUT2D eigenvalue weighted by atomic mass is 10.1. The summed E-state index contributed by atoms with van der Waals surface area (Å²) in [5, 5.41) is 6.40. The average molecular weight is 440 g/mol. The van der Waals surface area contributed by atoms with E-state index in [1.165, 1.54) is 0 Å². The van der Waals surface area contributed by atoms with Gasteiger partial charge in [0.2, 0.25) is 0 Å². The van der Waals surface area contributed by atoms with Crippen LogP contribution in [0.4, 0.5) is 11.5 Å². The molecule has 1 aliphatic rings. The summed E-state index contributed by atoms with van der Waals surface area (Å²) in [5.41, 5.74) is 8.02. The number of nitrogen functional groups attached to an aromatic ring is 1. The Labute approximate surface area is 180 Å². The zero-order valence-electron chi connectivity index (χ0n) is 16.3. The second-order valence-electron chi connectivity index (χ2n) is 7.09. The Balaban J connectivity index is 1.70. The highest BCUT2D eigenvalue weighted by molar-refractivity contribution is 7.92. The number of nitrogens with zero attached hydrogens (tertiary/aromatic N) is 2. The molecule has 0 amide bonds. The number of nitrogens with two attached hydrogens (primary N) is 1. The molecule has 30 heavy (non-hydrogen) atoms. The minimum atomic E-state index is -3.60. The molecule has 1 fully saturated rings. The second-order valence-corrected chi connectivity index (χ2v) is 9.76. The third-order valence-corrected chi connectivity index (χ3v) is 7.96. The first-order valence-corrected chi connectivity index (χ1v) is 11.3. The highest BCUT2D eigenvalue weighted by Crippen LogP contribution is 2.54. The fourth-order valence-corrected chi connectivity index (χ4v) is 5.43. The number of rotatable bonds is 5. The smallest absolute Gasteiger partial charge is 0.189 e. The number of benzene rings is 2. The third-order valence-electron chi connectivity index (χ3n) is 5.11. The first-order valence-electron chi connectivity index (χ1n) is 9.40. The van der Waals surface area contributed by atoms with E-state index in [-0.39, 0.29) is 10.7 Å². The number of aromatic nitrogens is 2. The standard InChI is InChI=1S/C21H21N5O2S2/c1-23-20(29)24-15-9-7-14(8-10-15)19-25-17(13-18(22)26-19)21(11-12-21)30(27,28)16-5-3-2-4-6-16/h2-10,13H,11-12H2,1H3,(H2,22,25,26)(H2,23,24,29). The molecular weight excluding hydrogens is 418 g/mol. The minimum absolute atomic E-state index is 0.239. The molecule has 0 unspecified atom stereocenters. The summed E-state index contributed by atoms with van der Waals surface area (Å²) in [6, 6.07) is 17.4. The van der Waals surface area contributed by atoms with Gasteiger partial charge in [0.1, 0.15) is 10.6 Å². The molecule has 1 saturated carbocycles. The Morgan fingerprint density at radius 3 is 2.33 bits per heavy atom. The van der Waals surface area contributed by atoms with Gasteiger partial charge in [-0.1, -0.05) is 18.2 Å². The van der Waals surface area contributed by atoms with Crippen LogP contribution in [-0.2, 0) is 14.6 Å². The first kappa shape index (κ1) is 20.2.